The van der Waals surface area contributed by atoms with Crippen molar-refractivity contribution in [3.63, 3.8) is 0 Å². The molecule has 18 heavy (non-hydrogen) atoms. The van der Waals surface area contributed by atoms with Gasteiger partial charge >= 0.3 is 0 Å². The lowest BCUT2D eigenvalue weighted by Crippen LogP contribution is -2.45. The van der Waals surface area contributed by atoms with Crippen molar-refractivity contribution < 1.29 is 4.79 Å². The van der Waals surface area contributed by atoms with E-state index in [9.17, 15) is 4.79 Å². The van der Waals surface area contributed by atoms with Crippen LogP contribution in [0.3, 0.4) is 0 Å². The van der Waals surface area contributed by atoms with E-state index in [2.05, 4.69) is 22.6 Å². The molecule has 0 bridgehead atoms. The largest absolute Gasteiger partial charge is 0.338 e. The quantitative estimate of drug-likeness (QED) is 0.823. The van der Waals surface area contributed by atoms with Crippen molar-refractivity contribution in [2.45, 2.75) is 31.7 Å². The first-order valence-corrected chi connectivity index (χ1v) is 8.30. The first-order valence-electron chi connectivity index (χ1n) is 6.34. The predicted octanol–water partition coefficient (Wildman–Crippen LogP) is 2.94. The molecule has 0 spiro atoms. The molecule has 1 aromatic rings. The Morgan fingerprint density at radius 3 is 2.89 bits per heavy atom. The molecular formula is C13H19IN2OS. The number of hydrogen-bond acceptors (Lipinski definition) is 3. The van der Waals surface area contributed by atoms with Crippen LogP contribution in [0.4, 0.5) is 0 Å². The van der Waals surface area contributed by atoms with Gasteiger partial charge in [-0.05, 0) is 54.0 Å². The Hall–Kier alpha value is -0.140. The molecule has 1 heterocycles. The molecule has 1 aliphatic rings. The highest BCUT2D eigenvalue weighted by molar-refractivity contribution is 14.1. The zero-order valence-corrected chi connectivity index (χ0v) is 13.5. The molecule has 0 aromatic carbocycles. The van der Waals surface area contributed by atoms with E-state index >= 15 is 0 Å². The summed E-state index contributed by atoms with van der Waals surface area (Å²) in [5.74, 6) is 0.602. The van der Waals surface area contributed by atoms with Crippen molar-refractivity contribution in [3.05, 3.63) is 19.9 Å². The average molecular weight is 378 g/mol. The maximum absolute atomic E-state index is 12.4. The minimum atomic E-state index is 0.138. The fourth-order valence-corrected chi connectivity index (χ4v) is 4.07. The third-order valence-electron chi connectivity index (χ3n) is 3.80. The number of nitrogens with zero attached hydrogens (tertiary/aromatic N) is 1. The summed E-state index contributed by atoms with van der Waals surface area (Å²) in [6, 6.07) is 2.28. The topological polar surface area (TPSA) is 46.3 Å². The molecule has 5 heteroatoms. The van der Waals surface area contributed by atoms with Crippen LogP contribution in [0, 0.1) is 8.80 Å². The summed E-state index contributed by atoms with van der Waals surface area (Å²) in [6.07, 6.45) is 4.70. The van der Waals surface area contributed by atoms with Gasteiger partial charge in [-0.1, -0.05) is 12.8 Å². The smallest absolute Gasteiger partial charge is 0.254 e. The van der Waals surface area contributed by atoms with Gasteiger partial charge in [-0.25, -0.2) is 0 Å². The summed E-state index contributed by atoms with van der Waals surface area (Å²) >= 11 is 3.87. The molecule has 2 unspecified atom stereocenters. The standard InChI is InChI=1S/C13H19IN2OS/c1-16(11-5-3-2-4-9(11)7-15)13(17)10-6-12(14)18-8-10/h6,8-9,11H,2-5,7,15H2,1H3. The molecule has 0 aliphatic heterocycles. The maximum Gasteiger partial charge on any atom is 0.254 e. The fourth-order valence-electron chi connectivity index (χ4n) is 2.75. The van der Waals surface area contributed by atoms with Crippen LogP contribution < -0.4 is 5.73 Å². The number of hydrogen-bond donors (Lipinski definition) is 1. The third kappa shape index (κ3) is 3.05. The molecule has 1 aliphatic carbocycles. The van der Waals surface area contributed by atoms with Crippen LogP contribution in [0.15, 0.2) is 11.4 Å². The molecule has 2 atom stereocenters. The number of thiophene rings is 1. The molecule has 100 valence electrons. The van der Waals surface area contributed by atoms with Gasteiger partial charge in [-0.3, -0.25) is 4.79 Å². The SMILES string of the molecule is CN(C(=O)c1csc(I)c1)C1CCCCC1CN. The molecule has 1 saturated carbocycles. The number of halogens is 1. The lowest BCUT2D eigenvalue weighted by atomic mass is 9.83. The lowest BCUT2D eigenvalue weighted by molar-refractivity contribution is 0.0621. The summed E-state index contributed by atoms with van der Waals surface area (Å²) in [6.45, 7) is 0.684. The maximum atomic E-state index is 12.4. The average Bonchev–Trinajstić information content (AvgIpc) is 2.83. The van der Waals surface area contributed by atoms with Crippen LogP contribution in [0.25, 0.3) is 0 Å². The summed E-state index contributed by atoms with van der Waals surface area (Å²) < 4.78 is 1.16. The van der Waals surface area contributed by atoms with E-state index in [1.54, 1.807) is 11.3 Å². The minimum absolute atomic E-state index is 0.138. The van der Waals surface area contributed by atoms with E-state index in [-0.39, 0.29) is 5.91 Å². The number of carbonyl (C=O) groups excluding carboxylic acids is 1. The Morgan fingerprint density at radius 1 is 1.56 bits per heavy atom. The minimum Gasteiger partial charge on any atom is -0.338 e. The van der Waals surface area contributed by atoms with Gasteiger partial charge in [0.05, 0.1) is 8.45 Å². The van der Waals surface area contributed by atoms with E-state index in [0.717, 1.165) is 21.3 Å². The highest BCUT2D eigenvalue weighted by Gasteiger charge is 2.30. The van der Waals surface area contributed by atoms with Crippen LogP contribution in [0.2, 0.25) is 0 Å². The predicted molar refractivity (Wildman–Crippen MR) is 83.9 cm³/mol. The van der Waals surface area contributed by atoms with E-state index < -0.39 is 0 Å². The number of rotatable bonds is 3. The second-order valence-corrected chi connectivity index (χ2v) is 7.71. The van der Waals surface area contributed by atoms with Gasteiger partial charge in [0.2, 0.25) is 0 Å². The van der Waals surface area contributed by atoms with Crippen molar-refractivity contribution in [2.75, 3.05) is 13.6 Å². The molecule has 1 amide bonds. The Kier molecular flexibility index (Phi) is 5.03. The van der Waals surface area contributed by atoms with E-state index in [0.29, 0.717) is 18.5 Å². The lowest BCUT2D eigenvalue weighted by Gasteiger charge is -2.37. The molecule has 3 nitrogen and oxygen atoms in total. The van der Waals surface area contributed by atoms with E-state index in [1.165, 1.54) is 12.8 Å². The first kappa shape index (κ1) is 14.3. The van der Waals surface area contributed by atoms with Gasteiger partial charge in [0, 0.05) is 18.5 Å². The molecule has 2 N–H and O–H groups in total. The molecule has 1 fully saturated rings. The highest BCUT2D eigenvalue weighted by atomic mass is 127. The monoisotopic (exact) mass is 378 g/mol. The summed E-state index contributed by atoms with van der Waals surface area (Å²) in [5.41, 5.74) is 6.65. The van der Waals surface area contributed by atoms with Crippen LogP contribution in [0.1, 0.15) is 36.0 Å². The Labute approximate surface area is 126 Å². The molecular weight excluding hydrogens is 359 g/mol. The third-order valence-corrected chi connectivity index (χ3v) is 5.59. The second kappa shape index (κ2) is 6.34. The number of nitrogens with two attached hydrogens (primary N) is 1. The fraction of sp³-hybridized carbons (Fsp3) is 0.615. The molecule has 1 aromatic heterocycles. The Morgan fingerprint density at radius 2 is 2.28 bits per heavy atom. The highest BCUT2D eigenvalue weighted by Crippen LogP contribution is 2.28. The molecule has 0 saturated heterocycles. The zero-order chi connectivity index (χ0) is 13.1. The van der Waals surface area contributed by atoms with E-state index in [4.69, 9.17) is 5.73 Å². The zero-order valence-electron chi connectivity index (χ0n) is 10.6. The first-order chi connectivity index (χ1) is 8.63. The summed E-state index contributed by atoms with van der Waals surface area (Å²) in [4.78, 5) is 14.3. The van der Waals surface area contributed by atoms with Crippen molar-refractivity contribution >= 4 is 39.8 Å². The van der Waals surface area contributed by atoms with Crippen LogP contribution >= 0.6 is 33.9 Å². The van der Waals surface area contributed by atoms with Gasteiger partial charge in [0.1, 0.15) is 0 Å². The van der Waals surface area contributed by atoms with Crippen LogP contribution in [-0.4, -0.2) is 30.4 Å². The van der Waals surface area contributed by atoms with Gasteiger partial charge in [0.25, 0.3) is 5.91 Å². The van der Waals surface area contributed by atoms with Crippen LogP contribution in [0.5, 0.6) is 0 Å². The normalized spacial score (nSPS) is 23.9. The van der Waals surface area contributed by atoms with Gasteiger partial charge in [0.15, 0.2) is 0 Å². The van der Waals surface area contributed by atoms with Gasteiger partial charge in [-0.2, -0.15) is 0 Å². The van der Waals surface area contributed by atoms with E-state index in [1.807, 2.05) is 23.4 Å². The number of amides is 1. The van der Waals surface area contributed by atoms with Crippen molar-refractivity contribution in [1.29, 1.82) is 0 Å². The molecule has 0 radical (unpaired) electrons. The van der Waals surface area contributed by atoms with Crippen molar-refractivity contribution in [3.8, 4) is 0 Å². The molecule has 2 rings (SSSR count). The van der Waals surface area contributed by atoms with Crippen molar-refractivity contribution in [1.82, 2.24) is 4.90 Å². The Balaban J connectivity index is 2.09. The summed E-state index contributed by atoms with van der Waals surface area (Å²) in [5, 5.41) is 1.95. The number of carbonyl (C=O) groups is 1. The summed E-state index contributed by atoms with van der Waals surface area (Å²) in [7, 11) is 1.92. The van der Waals surface area contributed by atoms with Crippen molar-refractivity contribution in [2.24, 2.45) is 11.7 Å². The van der Waals surface area contributed by atoms with Crippen LogP contribution in [-0.2, 0) is 0 Å². The second-order valence-electron chi connectivity index (χ2n) is 4.90. The Bertz CT molecular complexity index is 421. The van der Waals surface area contributed by atoms with Gasteiger partial charge in [-0.15, -0.1) is 11.3 Å². The van der Waals surface area contributed by atoms with Gasteiger partial charge < -0.3 is 10.6 Å².